The van der Waals surface area contributed by atoms with Gasteiger partial charge in [-0.05, 0) is 55.2 Å². The number of hydrogen-bond acceptors (Lipinski definition) is 4. The van der Waals surface area contributed by atoms with Crippen LogP contribution in [0.3, 0.4) is 0 Å². The molecule has 1 saturated heterocycles. The Balaban J connectivity index is 1.66. The van der Waals surface area contributed by atoms with Crippen LogP contribution in [0.5, 0.6) is 11.5 Å². The van der Waals surface area contributed by atoms with Gasteiger partial charge < -0.3 is 19.5 Å². The van der Waals surface area contributed by atoms with Crippen molar-refractivity contribution in [1.29, 1.82) is 0 Å². The molecular formula is C21H24Cl3NO3. The molecule has 1 atom stereocenters. The Kier molecular flexibility index (Phi) is 8.12. The van der Waals surface area contributed by atoms with Gasteiger partial charge in [-0.3, -0.25) is 0 Å². The first-order chi connectivity index (χ1) is 13.6. The maximum atomic E-state index is 6.49. The molecule has 0 unspecified atom stereocenters. The van der Waals surface area contributed by atoms with Gasteiger partial charge in [0.05, 0.1) is 27.8 Å². The second-order valence-electron chi connectivity index (χ2n) is 6.64. The van der Waals surface area contributed by atoms with Gasteiger partial charge in [-0.1, -0.05) is 40.9 Å². The van der Waals surface area contributed by atoms with Crippen LogP contribution >= 0.6 is 34.8 Å². The third-order valence-corrected chi connectivity index (χ3v) is 5.48. The van der Waals surface area contributed by atoms with E-state index in [-0.39, 0.29) is 0 Å². The molecule has 0 radical (unpaired) electrons. The second-order valence-corrected chi connectivity index (χ2v) is 7.86. The normalized spacial score (nSPS) is 16.4. The van der Waals surface area contributed by atoms with E-state index in [1.165, 1.54) is 0 Å². The van der Waals surface area contributed by atoms with Crippen molar-refractivity contribution >= 4 is 34.8 Å². The van der Waals surface area contributed by atoms with Crippen LogP contribution in [-0.2, 0) is 17.9 Å². The minimum absolute atomic E-state index is 0.302. The van der Waals surface area contributed by atoms with Crippen LogP contribution in [0.15, 0.2) is 30.3 Å². The highest BCUT2D eigenvalue weighted by Crippen LogP contribution is 2.37. The maximum absolute atomic E-state index is 6.49. The van der Waals surface area contributed by atoms with Crippen molar-refractivity contribution in [2.45, 2.75) is 39.0 Å². The van der Waals surface area contributed by atoms with E-state index in [9.17, 15) is 0 Å². The Morgan fingerprint density at radius 2 is 1.86 bits per heavy atom. The van der Waals surface area contributed by atoms with Gasteiger partial charge in [-0.2, -0.15) is 0 Å². The summed E-state index contributed by atoms with van der Waals surface area (Å²) in [5, 5.41) is 4.94. The van der Waals surface area contributed by atoms with Crippen molar-refractivity contribution in [3.8, 4) is 11.5 Å². The monoisotopic (exact) mass is 443 g/mol. The van der Waals surface area contributed by atoms with Gasteiger partial charge >= 0.3 is 0 Å². The Labute approximate surface area is 181 Å². The third kappa shape index (κ3) is 5.91. The fourth-order valence-corrected chi connectivity index (χ4v) is 3.70. The Bertz CT molecular complexity index is 795. The van der Waals surface area contributed by atoms with E-state index in [0.717, 1.165) is 37.1 Å². The molecule has 0 aromatic heterocycles. The molecule has 1 heterocycles. The Morgan fingerprint density at radius 3 is 2.57 bits per heavy atom. The Hall–Kier alpha value is -1.17. The lowest BCUT2D eigenvalue weighted by Gasteiger charge is -2.16. The van der Waals surface area contributed by atoms with Crippen LogP contribution in [0.2, 0.25) is 15.1 Å². The average Bonchev–Trinajstić information content (AvgIpc) is 3.17. The van der Waals surface area contributed by atoms with Crippen LogP contribution in [0.1, 0.15) is 30.9 Å². The summed E-state index contributed by atoms with van der Waals surface area (Å²) in [6, 6.07) is 9.25. The van der Waals surface area contributed by atoms with Crippen molar-refractivity contribution in [3.63, 3.8) is 0 Å². The van der Waals surface area contributed by atoms with Gasteiger partial charge in [-0.25, -0.2) is 0 Å². The van der Waals surface area contributed by atoms with Crippen LogP contribution < -0.4 is 14.8 Å². The molecule has 0 amide bonds. The fraction of sp³-hybridized carbons (Fsp3) is 0.429. The van der Waals surface area contributed by atoms with Crippen molar-refractivity contribution in [2.24, 2.45) is 0 Å². The topological polar surface area (TPSA) is 39.7 Å². The Morgan fingerprint density at radius 1 is 1.04 bits per heavy atom. The quantitative estimate of drug-likeness (QED) is 0.523. The van der Waals surface area contributed by atoms with Gasteiger partial charge in [0.2, 0.25) is 0 Å². The summed E-state index contributed by atoms with van der Waals surface area (Å²) >= 11 is 18.5. The van der Waals surface area contributed by atoms with Gasteiger partial charge in [0, 0.05) is 19.7 Å². The molecule has 0 saturated carbocycles. The van der Waals surface area contributed by atoms with Crippen LogP contribution in [0.4, 0.5) is 0 Å². The van der Waals surface area contributed by atoms with Gasteiger partial charge in [0.25, 0.3) is 0 Å². The molecule has 2 aromatic carbocycles. The summed E-state index contributed by atoms with van der Waals surface area (Å²) in [5.41, 5.74) is 1.93. The molecule has 0 bridgehead atoms. The molecule has 0 spiro atoms. The number of ether oxygens (including phenoxy) is 3. The molecule has 1 fully saturated rings. The first-order valence-corrected chi connectivity index (χ1v) is 10.5. The van der Waals surface area contributed by atoms with E-state index in [1.807, 2.05) is 25.1 Å². The van der Waals surface area contributed by atoms with E-state index < -0.39 is 0 Å². The van der Waals surface area contributed by atoms with E-state index in [0.29, 0.717) is 52.4 Å². The summed E-state index contributed by atoms with van der Waals surface area (Å²) in [6.07, 6.45) is 2.55. The van der Waals surface area contributed by atoms with Crippen LogP contribution in [-0.4, -0.2) is 25.9 Å². The smallest absolute Gasteiger partial charge is 0.180 e. The number of hydrogen-bond donors (Lipinski definition) is 1. The summed E-state index contributed by atoms with van der Waals surface area (Å²) in [4.78, 5) is 0. The highest BCUT2D eigenvalue weighted by molar-refractivity contribution is 6.42. The van der Waals surface area contributed by atoms with Gasteiger partial charge in [-0.15, -0.1) is 0 Å². The summed E-state index contributed by atoms with van der Waals surface area (Å²) in [5.74, 6) is 1.15. The number of nitrogens with one attached hydrogen (secondary N) is 1. The lowest BCUT2D eigenvalue weighted by atomic mass is 10.2. The van der Waals surface area contributed by atoms with E-state index in [1.54, 1.807) is 12.1 Å². The number of halogens is 3. The standard InChI is InChI=1S/C21H24Cl3NO3/c1-2-26-20-10-15(11-25-12-16-4-3-7-27-16)9-19(24)21(20)28-13-14-5-6-17(22)18(23)8-14/h5-6,8-10,16,25H,2-4,7,11-13H2,1H3/t16-/m0/s1. The minimum atomic E-state index is 0.302. The molecule has 2 aromatic rings. The zero-order chi connectivity index (χ0) is 19.9. The lowest BCUT2D eigenvalue weighted by Crippen LogP contribution is -2.25. The number of benzene rings is 2. The van der Waals surface area contributed by atoms with E-state index >= 15 is 0 Å². The summed E-state index contributed by atoms with van der Waals surface area (Å²) < 4.78 is 17.3. The molecule has 0 aliphatic carbocycles. The summed E-state index contributed by atoms with van der Waals surface area (Å²) in [7, 11) is 0. The highest BCUT2D eigenvalue weighted by Gasteiger charge is 2.16. The third-order valence-electron chi connectivity index (χ3n) is 4.46. The highest BCUT2D eigenvalue weighted by atomic mass is 35.5. The zero-order valence-corrected chi connectivity index (χ0v) is 18.0. The predicted octanol–water partition coefficient (Wildman–Crippen LogP) is 5.89. The first kappa shape index (κ1) is 21.5. The average molecular weight is 445 g/mol. The van der Waals surface area contributed by atoms with Gasteiger partial charge in [0.15, 0.2) is 11.5 Å². The maximum Gasteiger partial charge on any atom is 0.180 e. The van der Waals surface area contributed by atoms with E-state index in [2.05, 4.69) is 5.32 Å². The first-order valence-electron chi connectivity index (χ1n) is 9.41. The second kappa shape index (κ2) is 10.6. The fourth-order valence-electron chi connectivity index (χ4n) is 3.09. The predicted molar refractivity (Wildman–Crippen MR) is 114 cm³/mol. The molecule has 7 heteroatoms. The van der Waals surface area contributed by atoms with Crippen molar-refractivity contribution < 1.29 is 14.2 Å². The van der Waals surface area contributed by atoms with Crippen LogP contribution in [0, 0.1) is 0 Å². The molecule has 152 valence electrons. The lowest BCUT2D eigenvalue weighted by molar-refractivity contribution is 0.110. The molecule has 28 heavy (non-hydrogen) atoms. The van der Waals surface area contributed by atoms with E-state index in [4.69, 9.17) is 49.0 Å². The molecule has 1 aliphatic heterocycles. The summed E-state index contributed by atoms with van der Waals surface area (Å²) in [6.45, 7) is 5.14. The zero-order valence-electron chi connectivity index (χ0n) is 15.8. The van der Waals surface area contributed by atoms with Crippen molar-refractivity contribution in [1.82, 2.24) is 5.32 Å². The molecule has 1 N–H and O–H groups in total. The molecule has 4 nitrogen and oxygen atoms in total. The molecule has 3 rings (SSSR count). The SMILES string of the molecule is CCOc1cc(CNC[C@@H]2CCCO2)cc(Cl)c1OCc1ccc(Cl)c(Cl)c1. The molecular weight excluding hydrogens is 421 g/mol. The van der Waals surface area contributed by atoms with Crippen LogP contribution in [0.25, 0.3) is 0 Å². The van der Waals surface area contributed by atoms with Crippen molar-refractivity contribution in [2.75, 3.05) is 19.8 Å². The minimum Gasteiger partial charge on any atom is -0.490 e. The van der Waals surface area contributed by atoms with Gasteiger partial charge in [0.1, 0.15) is 6.61 Å². The largest absolute Gasteiger partial charge is 0.490 e. The van der Waals surface area contributed by atoms with Crippen molar-refractivity contribution in [3.05, 3.63) is 56.5 Å². The number of rotatable bonds is 9. The molecule has 1 aliphatic rings.